The summed E-state index contributed by atoms with van der Waals surface area (Å²) in [6.07, 6.45) is 3.64. The standard InChI is InChI=1S/C53H59N9O11S/c1-5-35-37-24-34(8-9-42(37)54-47-39(35)28-61-44(47)26-41-40(49(61)65)29-72-50(66)53(41,69)6-2)73-52(68)58-19-21-60(22-20-58)74(70,71)59-17-12-31(13-18-59)11-15-57-16-14-32-23-33(7-10-43(32)57)62-48(55-56-51(62)67)38-25-36(30(3)4)45(63)27-46(38)64/h7-10,14,16,23-27,30-31,52,63-64,68-69H,5-6,11-13,15,17-22,28-29H2,1-4H3,(H,56,67). The van der Waals surface area contributed by atoms with Gasteiger partial charge in [0.1, 0.15) is 23.9 Å². The van der Waals surface area contributed by atoms with Crippen molar-refractivity contribution >= 4 is 38.0 Å². The molecule has 388 valence electrons. The third kappa shape index (κ3) is 8.25. The molecule has 7 aromatic rings. The molecule has 2 saturated heterocycles. The summed E-state index contributed by atoms with van der Waals surface area (Å²) in [5.74, 6) is -0.0915. The Labute approximate surface area is 425 Å². The second kappa shape index (κ2) is 18.8. The van der Waals surface area contributed by atoms with Crippen molar-refractivity contribution in [3.05, 3.63) is 116 Å². The predicted octanol–water partition coefficient (Wildman–Crippen LogP) is 4.99. The van der Waals surface area contributed by atoms with Crippen molar-refractivity contribution in [2.45, 2.75) is 97.4 Å². The number of fused-ring (bicyclic) bond motifs is 6. The summed E-state index contributed by atoms with van der Waals surface area (Å²) in [6.45, 7) is 10.0. The van der Waals surface area contributed by atoms with Gasteiger partial charge < -0.3 is 39.0 Å². The minimum absolute atomic E-state index is 0.0313. The van der Waals surface area contributed by atoms with Gasteiger partial charge in [0.25, 0.3) is 22.2 Å². The molecule has 2 atom stereocenters. The fourth-order valence-corrected chi connectivity index (χ4v) is 13.0. The first-order valence-electron chi connectivity index (χ1n) is 25.3. The zero-order valence-corrected chi connectivity index (χ0v) is 42.4. The van der Waals surface area contributed by atoms with Crippen LogP contribution in [0.1, 0.15) is 87.1 Å². The number of aromatic amines is 1. The van der Waals surface area contributed by atoms with E-state index in [9.17, 15) is 43.2 Å². The third-order valence-electron chi connectivity index (χ3n) is 15.7. The molecule has 3 aromatic carbocycles. The molecule has 2 unspecified atom stereocenters. The Morgan fingerprint density at radius 2 is 1.66 bits per heavy atom. The number of nitrogens with one attached hydrogen (secondary N) is 1. The molecular weight excluding hydrogens is 971 g/mol. The SMILES string of the molecule is CCc1c2c(nc3ccc(OC(O)N4CCN(S(=O)(=O)N5CCC(CCn6ccc7cc(-n8c(-c9cc(C(C)C)c(O)cc9O)n[nH]c8=O)ccc76)CC5)CC4)cc13)-c1cc3c(c(=O)n1C2)COC(=O)C3(O)CC. The zero-order chi connectivity index (χ0) is 52.0. The van der Waals surface area contributed by atoms with E-state index < -0.39 is 33.9 Å². The third-order valence-corrected chi connectivity index (χ3v) is 17.7. The van der Waals surface area contributed by atoms with Gasteiger partial charge in [-0.05, 0) is 110 Å². The van der Waals surface area contributed by atoms with E-state index in [0.717, 1.165) is 53.2 Å². The Morgan fingerprint density at radius 3 is 2.39 bits per heavy atom. The van der Waals surface area contributed by atoms with E-state index in [1.165, 1.54) is 14.9 Å². The maximum absolute atomic E-state index is 13.9. The molecule has 0 bridgehead atoms. The minimum Gasteiger partial charge on any atom is -0.508 e. The monoisotopic (exact) mass is 1030 g/mol. The molecule has 4 aliphatic heterocycles. The number of aromatic hydroxyl groups is 2. The van der Waals surface area contributed by atoms with Gasteiger partial charge in [-0.3, -0.25) is 4.79 Å². The lowest BCUT2D eigenvalue weighted by molar-refractivity contribution is -0.172. The number of aryl methyl sites for hydroxylation is 2. The van der Waals surface area contributed by atoms with Crippen molar-refractivity contribution in [2.75, 3.05) is 39.3 Å². The summed E-state index contributed by atoms with van der Waals surface area (Å²) >= 11 is 0. The number of piperazine rings is 1. The van der Waals surface area contributed by atoms with Gasteiger partial charge in [-0.1, -0.05) is 27.7 Å². The normalized spacial score (nSPS) is 19.3. The molecule has 0 spiro atoms. The Morgan fingerprint density at radius 1 is 0.905 bits per heavy atom. The van der Waals surface area contributed by atoms with Gasteiger partial charge >= 0.3 is 11.7 Å². The van der Waals surface area contributed by atoms with E-state index in [1.807, 2.05) is 57.3 Å². The number of piperidine rings is 1. The molecule has 21 heteroatoms. The van der Waals surface area contributed by atoms with Crippen molar-refractivity contribution in [1.82, 2.24) is 42.4 Å². The highest BCUT2D eigenvalue weighted by molar-refractivity contribution is 7.86. The molecule has 5 N–H and O–H groups in total. The number of ether oxygens (including phenoxy) is 2. The molecule has 0 saturated carbocycles. The number of esters is 1. The number of aliphatic hydroxyl groups is 2. The number of aromatic nitrogens is 6. The first kappa shape index (κ1) is 49.3. The number of nitrogens with zero attached hydrogens (tertiary/aromatic N) is 8. The van der Waals surface area contributed by atoms with Crippen molar-refractivity contribution in [1.29, 1.82) is 0 Å². The number of hydrogen-bond donors (Lipinski definition) is 5. The molecule has 11 rings (SSSR count). The summed E-state index contributed by atoms with van der Waals surface area (Å²) in [5.41, 5.74) is 3.86. The topological polar surface area (TPSA) is 251 Å². The average molecular weight is 1030 g/mol. The van der Waals surface area contributed by atoms with Crippen LogP contribution in [0.2, 0.25) is 0 Å². The van der Waals surface area contributed by atoms with Crippen molar-refractivity contribution < 1.29 is 43.1 Å². The van der Waals surface area contributed by atoms with Crippen LogP contribution < -0.4 is 16.0 Å². The zero-order valence-electron chi connectivity index (χ0n) is 41.6. The van der Waals surface area contributed by atoms with Crippen LogP contribution in [-0.4, -0.2) is 123 Å². The molecule has 74 heavy (non-hydrogen) atoms. The minimum atomic E-state index is -3.74. The first-order chi connectivity index (χ1) is 35.5. The lowest BCUT2D eigenvalue weighted by atomic mass is 9.86. The number of H-pyrrole nitrogens is 1. The molecule has 0 radical (unpaired) electrons. The molecule has 0 aliphatic carbocycles. The summed E-state index contributed by atoms with van der Waals surface area (Å²) in [7, 11) is -3.74. The highest BCUT2D eigenvalue weighted by Gasteiger charge is 2.46. The van der Waals surface area contributed by atoms with Gasteiger partial charge in [-0.25, -0.2) is 29.1 Å². The predicted molar refractivity (Wildman–Crippen MR) is 274 cm³/mol. The number of phenolic OH excluding ortho intramolecular Hbond substituents is 2. The van der Waals surface area contributed by atoms with Gasteiger partial charge in [-0.15, -0.1) is 0 Å². The Bertz CT molecular complexity index is 3620. The number of aliphatic hydroxyl groups excluding tert-OH is 1. The molecule has 2 fully saturated rings. The van der Waals surface area contributed by atoms with Crippen LogP contribution >= 0.6 is 0 Å². The highest BCUT2D eigenvalue weighted by atomic mass is 32.2. The molecule has 4 aliphatic rings. The van der Waals surface area contributed by atoms with E-state index in [4.69, 9.17) is 14.5 Å². The van der Waals surface area contributed by atoms with E-state index >= 15 is 0 Å². The first-order valence-corrected chi connectivity index (χ1v) is 26.7. The Balaban J connectivity index is 0.692. The van der Waals surface area contributed by atoms with E-state index in [2.05, 4.69) is 14.8 Å². The summed E-state index contributed by atoms with van der Waals surface area (Å²) in [5, 5.41) is 52.2. The van der Waals surface area contributed by atoms with Crippen molar-refractivity contribution in [3.8, 4) is 45.7 Å². The van der Waals surface area contributed by atoms with E-state index in [0.29, 0.717) is 64.9 Å². The molecule has 20 nitrogen and oxygen atoms in total. The van der Waals surface area contributed by atoms with Gasteiger partial charge in [0.2, 0.25) is 0 Å². The highest BCUT2D eigenvalue weighted by Crippen LogP contribution is 2.42. The fourth-order valence-electron chi connectivity index (χ4n) is 11.4. The molecular formula is C53H59N9O11S. The summed E-state index contributed by atoms with van der Waals surface area (Å²) in [6, 6.07) is 17.6. The van der Waals surface area contributed by atoms with Gasteiger partial charge in [0.05, 0.1) is 40.3 Å². The number of cyclic esters (lactones) is 1. The van der Waals surface area contributed by atoms with Gasteiger partial charge in [-0.2, -0.15) is 22.1 Å². The maximum atomic E-state index is 13.9. The second-order valence-electron chi connectivity index (χ2n) is 20.1. The number of carbonyl (C=O) groups excluding carboxylic acids is 1. The van der Waals surface area contributed by atoms with Gasteiger partial charge in [0.15, 0.2) is 11.4 Å². The average Bonchev–Trinajstić information content (AvgIpc) is 4.10. The lowest BCUT2D eigenvalue weighted by Crippen LogP contribution is -2.56. The van der Waals surface area contributed by atoms with Gasteiger partial charge in [0, 0.05) is 85.5 Å². The van der Waals surface area contributed by atoms with Crippen LogP contribution in [-0.2, 0) is 51.5 Å². The van der Waals surface area contributed by atoms with Crippen LogP contribution in [0.5, 0.6) is 17.2 Å². The molecule has 4 aromatic heterocycles. The number of pyridine rings is 2. The second-order valence-corrected chi connectivity index (χ2v) is 22.0. The van der Waals surface area contributed by atoms with E-state index in [1.54, 1.807) is 45.0 Å². The molecule has 0 amide bonds. The van der Waals surface area contributed by atoms with Crippen LogP contribution in [0.25, 0.3) is 50.3 Å². The maximum Gasteiger partial charge on any atom is 0.348 e. The number of carbonyl (C=O) groups is 1. The lowest BCUT2D eigenvalue weighted by Gasteiger charge is -2.39. The molecule has 8 heterocycles. The number of hydrogen-bond acceptors (Lipinski definition) is 14. The van der Waals surface area contributed by atoms with Crippen LogP contribution in [0.4, 0.5) is 0 Å². The van der Waals surface area contributed by atoms with Crippen LogP contribution in [0.3, 0.4) is 0 Å². The largest absolute Gasteiger partial charge is 0.508 e. The number of benzene rings is 3. The summed E-state index contributed by atoms with van der Waals surface area (Å²) in [4.78, 5) is 46.2. The Kier molecular flexibility index (Phi) is 12.5. The van der Waals surface area contributed by atoms with E-state index in [-0.39, 0.29) is 85.7 Å². The smallest absolute Gasteiger partial charge is 0.348 e. The van der Waals surface area contributed by atoms with Crippen LogP contribution in [0, 0.1) is 5.92 Å². The van der Waals surface area contributed by atoms with Crippen molar-refractivity contribution in [2.24, 2.45) is 5.92 Å². The number of rotatable bonds is 13. The quantitative estimate of drug-likeness (QED) is 0.0754. The van der Waals surface area contributed by atoms with Crippen LogP contribution in [0.15, 0.2) is 76.4 Å². The number of phenols is 2. The van der Waals surface area contributed by atoms with Crippen molar-refractivity contribution in [3.63, 3.8) is 0 Å². The summed E-state index contributed by atoms with van der Waals surface area (Å²) < 4.78 is 47.4. The fraction of sp³-hybridized carbons (Fsp3) is 0.415. The Hall–Kier alpha value is -6.88.